The zero-order chi connectivity index (χ0) is 14.9. The largest absolute Gasteiger partial charge is 0.447 e. The first kappa shape index (κ1) is 14.3. The highest BCUT2D eigenvalue weighted by molar-refractivity contribution is 9.10. The van der Waals surface area contributed by atoms with E-state index in [1.165, 1.54) is 0 Å². The van der Waals surface area contributed by atoms with Gasteiger partial charge in [0.25, 0.3) is 0 Å². The van der Waals surface area contributed by atoms with Crippen molar-refractivity contribution in [3.05, 3.63) is 62.4 Å². The zero-order valence-corrected chi connectivity index (χ0v) is 11.2. The van der Waals surface area contributed by atoms with E-state index in [2.05, 4.69) is 15.9 Å². The minimum absolute atomic E-state index is 0.172. The smallest absolute Gasteiger partial charge is 0.311 e. The number of halogens is 4. The minimum atomic E-state index is -1.33. The van der Waals surface area contributed by atoms with Gasteiger partial charge < -0.3 is 4.74 Å². The average Bonchev–Trinajstić information content (AvgIpc) is 2.35. The molecule has 2 aromatic rings. The van der Waals surface area contributed by atoms with E-state index in [1.807, 2.05) is 0 Å². The quantitative estimate of drug-likeness (QED) is 0.464. The second-order valence-corrected chi connectivity index (χ2v) is 4.59. The van der Waals surface area contributed by atoms with Gasteiger partial charge in [-0.2, -0.15) is 4.39 Å². The Morgan fingerprint density at radius 2 is 1.80 bits per heavy atom. The van der Waals surface area contributed by atoms with Crippen LogP contribution in [-0.4, -0.2) is 4.92 Å². The normalized spacial score (nSPS) is 10.4. The molecule has 0 heterocycles. The van der Waals surface area contributed by atoms with Gasteiger partial charge in [-0.05, 0) is 18.2 Å². The Bertz CT molecular complexity index is 694. The number of nitro benzene ring substituents is 1. The summed E-state index contributed by atoms with van der Waals surface area (Å²) in [6.07, 6.45) is 0. The molecule has 0 aromatic heterocycles. The summed E-state index contributed by atoms with van der Waals surface area (Å²) in [5.74, 6) is -4.45. The van der Waals surface area contributed by atoms with Gasteiger partial charge in [-0.1, -0.05) is 15.9 Å². The molecule has 104 valence electrons. The fraction of sp³-hybridized carbons (Fsp3) is 0. The molecule has 8 heteroatoms. The van der Waals surface area contributed by atoms with Crippen molar-refractivity contribution < 1.29 is 22.8 Å². The molecule has 0 aliphatic carbocycles. The third-order valence-corrected chi connectivity index (χ3v) is 2.76. The van der Waals surface area contributed by atoms with Gasteiger partial charge >= 0.3 is 5.69 Å². The molecule has 0 radical (unpaired) electrons. The number of hydrogen-bond donors (Lipinski definition) is 0. The van der Waals surface area contributed by atoms with Crippen LogP contribution in [-0.2, 0) is 0 Å². The lowest BCUT2D eigenvalue weighted by Crippen LogP contribution is -1.97. The summed E-state index contributed by atoms with van der Waals surface area (Å²) in [7, 11) is 0. The molecular weight excluding hydrogens is 343 g/mol. The van der Waals surface area contributed by atoms with E-state index in [0.717, 1.165) is 30.3 Å². The molecule has 0 spiro atoms. The fourth-order valence-corrected chi connectivity index (χ4v) is 1.85. The van der Waals surface area contributed by atoms with Crippen LogP contribution in [0.4, 0.5) is 18.9 Å². The molecule has 0 aliphatic heterocycles. The predicted molar refractivity (Wildman–Crippen MR) is 67.2 cm³/mol. The number of hydrogen-bond acceptors (Lipinski definition) is 3. The van der Waals surface area contributed by atoms with Gasteiger partial charge in [0.15, 0.2) is 11.6 Å². The number of nitrogens with zero attached hydrogens (tertiary/aromatic N) is 1. The highest BCUT2D eigenvalue weighted by Crippen LogP contribution is 2.35. The van der Waals surface area contributed by atoms with Crippen molar-refractivity contribution in [2.24, 2.45) is 0 Å². The third kappa shape index (κ3) is 2.90. The average molecular weight is 348 g/mol. The summed E-state index contributed by atoms with van der Waals surface area (Å²) in [4.78, 5) is 9.95. The van der Waals surface area contributed by atoms with E-state index in [-0.39, 0.29) is 4.47 Å². The van der Waals surface area contributed by atoms with Gasteiger partial charge in [-0.15, -0.1) is 0 Å². The number of benzene rings is 2. The molecule has 0 atom stereocenters. The lowest BCUT2D eigenvalue weighted by molar-refractivity contribution is -0.385. The van der Waals surface area contributed by atoms with E-state index in [0.29, 0.717) is 0 Å². The van der Waals surface area contributed by atoms with Gasteiger partial charge in [0.05, 0.1) is 4.92 Å². The highest BCUT2D eigenvalue weighted by Gasteiger charge is 2.19. The van der Waals surface area contributed by atoms with E-state index in [4.69, 9.17) is 4.74 Å². The molecule has 0 N–H and O–H groups in total. The Labute approximate surface area is 119 Å². The number of ether oxygens (including phenoxy) is 1. The van der Waals surface area contributed by atoms with Crippen LogP contribution < -0.4 is 4.74 Å². The summed E-state index contributed by atoms with van der Waals surface area (Å²) in [5.41, 5.74) is -0.564. The predicted octanol–water partition coefficient (Wildman–Crippen LogP) is 4.57. The standard InChI is InChI=1S/C12H5BrF3NO3/c13-6-3-8(15)12(16)11(4-6)20-10-5-7(14)1-2-9(10)17(18)19/h1-5H. The van der Waals surface area contributed by atoms with Crippen molar-refractivity contribution in [1.29, 1.82) is 0 Å². The van der Waals surface area contributed by atoms with Crippen molar-refractivity contribution in [3.8, 4) is 11.5 Å². The van der Waals surface area contributed by atoms with E-state index < -0.39 is 39.6 Å². The zero-order valence-electron chi connectivity index (χ0n) is 9.57. The van der Waals surface area contributed by atoms with Crippen LogP contribution in [0.15, 0.2) is 34.8 Å². The maximum Gasteiger partial charge on any atom is 0.311 e. The van der Waals surface area contributed by atoms with E-state index in [9.17, 15) is 23.3 Å². The first-order valence-corrected chi connectivity index (χ1v) is 5.94. The Balaban J connectivity index is 2.50. The van der Waals surface area contributed by atoms with E-state index in [1.54, 1.807) is 0 Å². The number of rotatable bonds is 3. The van der Waals surface area contributed by atoms with Crippen LogP contribution in [0.5, 0.6) is 11.5 Å². The SMILES string of the molecule is O=[N+]([O-])c1ccc(F)cc1Oc1cc(Br)cc(F)c1F. The molecule has 0 bridgehead atoms. The molecule has 4 nitrogen and oxygen atoms in total. The molecule has 0 amide bonds. The van der Waals surface area contributed by atoms with E-state index >= 15 is 0 Å². The first-order valence-electron chi connectivity index (χ1n) is 5.15. The lowest BCUT2D eigenvalue weighted by Gasteiger charge is -2.08. The Morgan fingerprint density at radius 3 is 2.45 bits per heavy atom. The molecule has 2 rings (SSSR count). The van der Waals surface area contributed by atoms with Crippen molar-refractivity contribution in [3.63, 3.8) is 0 Å². The van der Waals surface area contributed by atoms with Crippen LogP contribution in [0.2, 0.25) is 0 Å². The highest BCUT2D eigenvalue weighted by atomic mass is 79.9. The summed E-state index contributed by atoms with van der Waals surface area (Å²) in [6, 6.07) is 4.39. The third-order valence-electron chi connectivity index (χ3n) is 2.30. The van der Waals surface area contributed by atoms with Crippen LogP contribution in [0.3, 0.4) is 0 Å². The molecule has 20 heavy (non-hydrogen) atoms. The van der Waals surface area contributed by atoms with Gasteiger partial charge in [-0.25, -0.2) is 8.78 Å². The second kappa shape index (κ2) is 5.49. The monoisotopic (exact) mass is 347 g/mol. The van der Waals surface area contributed by atoms with Crippen molar-refractivity contribution in [1.82, 2.24) is 0 Å². The Morgan fingerprint density at radius 1 is 1.10 bits per heavy atom. The second-order valence-electron chi connectivity index (χ2n) is 3.67. The van der Waals surface area contributed by atoms with Crippen molar-refractivity contribution in [2.75, 3.05) is 0 Å². The minimum Gasteiger partial charge on any atom is -0.447 e. The molecule has 0 saturated carbocycles. The van der Waals surface area contributed by atoms with Crippen LogP contribution >= 0.6 is 15.9 Å². The molecule has 0 aliphatic rings. The van der Waals surface area contributed by atoms with Gasteiger partial charge in [0.1, 0.15) is 5.82 Å². The fourth-order valence-electron chi connectivity index (χ4n) is 1.45. The van der Waals surface area contributed by atoms with Crippen LogP contribution in [0.25, 0.3) is 0 Å². The maximum atomic E-state index is 13.5. The molecule has 0 saturated heterocycles. The number of nitro groups is 1. The maximum absolute atomic E-state index is 13.5. The van der Waals surface area contributed by atoms with Gasteiger partial charge in [0, 0.05) is 16.6 Å². The van der Waals surface area contributed by atoms with Crippen molar-refractivity contribution in [2.45, 2.75) is 0 Å². The van der Waals surface area contributed by atoms with Crippen molar-refractivity contribution >= 4 is 21.6 Å². The lowest BCUT2D eigenvalue weighted by atomic mass is 10.2. The van der Waals surface area contributed by atoms with Crippen LogP contribution in [0, 0.1) is 27.6 Å². The summed E-state index contributed by atoms with van der Waals surface area (Å²) in [6.45, 7) is 0. The van der Waals surface area contributed by atoms with Crippen LogP contribution in [0.1, 0.15) is 0 Å². The molecule has 2 aromatic carbocycles. The van der Waals surface area contributed by atoms with Gasteiger partial charge in [0.2, 0.25) is 11.6 Å². The topological polar surface area (TPSA) is 52.4 Å². The molecule has 0 unspecified atom stereocenters. The molecular formula is C12H5BrF3NO3. The van der Waals surface area contributed by atoms with Gasteiger partial charge in [-0.3, -0.25) is 10.1 Å². The first-order chi connectivity index (χ1) is 9.38. The molecule has 0 fully saturated rings. The Kier molecular flexibility index (Phi) is 3.93. The Hall–Kier alpha value is -2.09. The summed E-state index contributed by atoms with van der Waals surface area (Å²) in [5, 5.41) is 10.8. The summed E-state index contributed by atoms with van der Waals surface area (Å²) >= 11 is 2.93. The summed E-state index contributed by atoms with van der Waals surface area (Å²) < 4.78 is 44.9.